The minimum Gasteiger partial charge on any atom is -0.212 e. The van der Waals surface area contributed by atoms with Crippen molar-refractivity contribution >= 4 is 32.7 Å². The molecule has 0 aliphatic rings. The van der Waals surface area contributed by atoms with Crippen molar-refractivity contribution in [1.29, 1.82) is 0 Å². The van der Waals surface area contributed by atoms with Crippen molar-refractivity contribution in [1.82, 2.24) is 4.72 Å². The summed E-state index contributed by atoms with van der Waals surface area (Å²) in [7, 11) is -3.69. The molecule has 1 atom stereocenters. The van der Waals surface area contributed by atoms with Gasteiger partial charge < -0.3 is 0 Å². The summed E-state index contributed by atoms with van der Waals surface area (Å²) in [5, 5.41) is 5.72. The van der Waals surface area contributed by atoms with Gasteiger partial charge in [-0.3, -0.25) is 0 Å². The van der Waals surface area contributed by atoms with Crippen molar-refractivity contribution in [3.63, 3.8) is 0 Å². The van der Waals surface area contributed by atoms with Gasteiger partial charge in [0.15, 0.2) is 0 Å². The lowest BCUT2D eigenvalue weighted by molar-refractivity contribution is 0.567. The van der Waals surface area contributed by atoms with E-state index < -0.39 is 21.9 Å². The van der Waals surface area contributed by atoms with Crippen molar-refractivity contribution < 1.29 is 12.8 Å². The number of thiophene rings is 2. The molecular weight excluding hydrogens is 353 g/mol. The van der Waals surface area contributed by atoms with E-state index in [0.29, 0.717) is 0 Å². The van der Waals surface area contributed by atoms with Crippen LogP contribution in [0.4, 0.5) is 4.39 Å². The third-order valence-corrected chi connectivity index (χ3v) is 6.23. The Bertz CT molecular complexity index is 824. The van der Waals surface area contributed by atoms with Gasteiger partial charge in [0.1, 0.15) is 5.82 Å². The standard InChI is InChI=1S/C16H14FNO2S3/c17-14-5-2-1-4-13(14)11-23(19,20)18-16(12-7-9-21-10-12)15-6-3-8-22-15/h1-10,16,18H,11H2. The topological polar surface area (TPSA) is 46.2 Å². The molecule has 120 valence electrons. The van der Waals surface area contributed by atoms with E-state index in [1.165, 1.54) is 34.8 Å². The van der Waals surface area contributed by atoms with Gasteiger partial charge in [0.05, 0.1) is 11.8 Å². The third-order valence-electron chi connectivity index (χ3n) is 3.30. The summed E-state index contributed by atoms with van der Waals surface area (Å²) in [5.41, 5.74) is 1.05. The Morgan fingerprint density at radius 1 is 1.09 bits per heavy atom. The van der Waals surface area contributed by atoms with E-state index in [9.17, 15) is 12.8 Å². The average molecular weight is 367 g/mol. The summed E-state index contributed by atoms with van der Waals surface area (Å²) in [6, 6.07) is 11.1. The number of benzene rings is 1. The molecule has 2 heterocycles. The number of rotatable bonds is 6. The number of sulfonamides is 1. The van der Waals surface area contributed by atoms with Crippen LogP contribution < -0.4 is 4.72 Å². The molecule has 0 saturated carbocycles. The predicted molar refractivity (Wildman–Crippen MR) is 92.6 cm³/mol. The van der Waals surface area contributed by atoms with E-state index in [1.807, 2.05) is 34.3 Å². The van der Waals surface area contributed by atoms with Gasteiger partial charge >= 0.3 is 0 Å². The van der Waals surface area contributed by atoms with Crippen LogP contribution >= 0.6 is 22.7 Å². The van der Waals surface area contributed by atoms with Crippen molar-refractivity contribution in [2.75, 3.05) is 0 Å². The van der Waals surface area contributed by atoms with Crippen LogP contribution in [-0.2, 0) is 15.8 Å². The number of hydrogen-bond donors (Lipinski definition) is 1. The van der Waals surface area contributed by atoms with Gasteiger partial charge in [0.2, 0.25) is 10.0 Å². The van der Waals surface area contributed by atoms with Gasteiger partial charge in [-0.05, 0) is 39.9 Å². The Balaban J connectivity index is 1.86. The second-order valence-corrected chi connectivity index (χ2v) is 8.49. The number of nitrogens with one attached hydrogen (secondary N) is 1. The molecule has 2 aromatic heterocycles. The molecule has 7 heteroatoms. The molecule has 3 nitrogen and oxygen atoms in total. The summed E-state index contributed by atoms with van der Waals surface area (Å²) in [5.74, 6) is -0.896. The van der Waals surface area contributed by atoms with Crippen LogP contribution in [0.15, 0.2) is 58.6 Å². The summed E-state index contributed by atoms with van der Waals surface area (Å²) in [6.45, 7) is 0. The van der Waals surface area contributed by atoms with Gasteiger partial charge in [-0.25, -0.2) is 17.5 Å². The Morgan fingerprint density at radius 3 is 2.57 bits per heavy atom. The highest BCUT2D eigenvalue weighted by molar-refractivity contribution is 7.88. The zero-order chi connectivity index (χ0) is 16.3. The fourth-order valence-corrected chi connectivity index (χ4v) is 5.14. The van der Waals surface area contributed by atoms with Crippen LogP contribution in [0.3, 0.4) is 0 Å². The lowest BCUT2D eigenvalue weighted by Crippen LogP contribution is -2.30. The molecule has 1 N–H and O–H groups in total. The maximum absolute atomic E-state index is 13.7. The largest absolute Gasteiger partial charge is 0.216 e. The van der Waals surface area contributed by atoms with E-state index in [1.54, 1.807) is 12.1 Å². The highest BCUT2D eigenvalue weighted by Crippen LogP contribution is 2.28. The van der Waals surface area contributed by atoms with E-state index in [0.717, 1.165) is 10.4 Å². The summed E-state index contributed by atoms with van der Waals surface area (Å²) < 4.78 is 41.4. The van der Waals surface area contributed by atoms with E-state index in [4.69, 9.17) is 0 Å². The molecule has 3 aromatic rings. The number of hydrogen-bond acceptors (Lipinski definition) is 4. The van der Waals surface area contributed by atoms with Crippen LogP contribution in [-0.4, -0.2) is 8.42 Å². The second-order valence-electron chi connectivity index (χ2n) is 4.97. The van der Waals surface area contributed by atoms with E-state index in [2.05, 4.69) is 4.72 Å². The normalized spacial score (nSPS) is 13.1. The smallest absolute Gasteiger partial charge is 0.212 e. The summed E-state index contributed by atoms with van der Waals surface area (Å²) in [6.07, 6.45) is 0. The second kappa shape index (κ2) is 6.92. The maximum Gasteiger partial charge on any atom is 0.216 e. The van der Waals surface area contributed by atoms with Crippen molar-refractivity contribution in [2.24, 2.45) is 0 Å². The maximum atomic E-state index is 13.7. The molecule has 0 aliphatic heterocycles. The summed E-state index contributed by atoms with van der Waals surface area (Å²) in [4.78, 5) is 0.903. The predicted octanol–water partition coefficient (Wildman–Crippen LogP) is 4.16. The average Bonchev–Trinajstić information content (AvgIpc) is 3.21. The Morgan fingerprint density at radius 2 is 1.91 bits per heavy atom. The quantitative estimate of drug-likeness (QED) is 0.711. The zero-order valence-corrected chi connectivity index (χ0v) is 14.4. The molecule has 1 aromatic carbocycles. The fourth-order valence-electron chi connectivity index (χ4n) is 2.23. The molecule has 0 radical (unpaired) electrons. The van der Waals surface area contributed by atoms with Gasteiger partial charge in [0.25, 0.3) is 0 Å². The van der Waals surface area contributed by atoms with E-state index >= 15 is 0 Å². The first-order valence-corrected chi connectivity index (χ1v) is 10.3. The molecule has 0 spiro atoms. The zero-order valence-electron chi connectivity index (χ0n) is 12.0. The van der Waals surface area contributed by atoms with Crippen LogP contribution in [0, 0.1) is 5.82 Å². The molecule has 0 bridgehead atoms. The molecule has 0 saturated heterocycles. The van der Waals surface area contributed by atoms with Gasteiger partial charge in [-0.2, -0.15) is 11.3 Å². The first kappa shape index (κ1) is 16.3. The monoisotopic (exact) mass is 367 g/mol. The number of halogens is 1. The SMILES string of the molecule is O=S(=O)(Cc1ccccc1F)NC(c1ccsc1)c1cccs1. The molecule has 0 aliphatic carbocycles. The molecule has 3 rings (SSSR count). The first-order chi connectivity index (χ1) is 11.1. The molecule has 1 unspecified atom stereocenters. The highest BCUT2D eigenvalue weighted by Gasteiger charge is 2.23. The molecule has 23 heavy (non-hydrogen) atoms. The van der Waals surface area contributed by atoms with Crippen molar-refractivity contribution in [2.45, 2.75) is 11.8 Å². The molecule has 0 amide bonds. The molecular formula is C16H14FNO2S3. The molecule has 0 fully saturated rings. The van der Waals surface area contributed by atoms with Crippen LogP contribution in [0.2, 0.25) is 0 Å². The summed E-state index contributed by atoms with van der Waals surface area (Å²) >= 11 is 2.99. The van der Waals surface area contributed by atoms with Crippen LogP contribution in [0.5, 0.6) is 0 Å². The minimum atomic E-state index is -3.69. The highest BCUT2D eigenvalue weighted by atomic mass is 32.2. The Kier molecular flexibility index (Phi) is 4.91. The van der Waals surface area contributed by atoms with E-state index in [-0.39, 0.29) is 11.3 Å². The van der Waals surface area contributed by atoms with Gasteiger partial charge in [-0.15, -0.1) is 11.3 Å². The Hall–Kier alpha value is -1.54. The fraction of sp³-hybridized carbons (Fsp3) is 0.125. The lowest BCUT2D eigenvalue weighted by Gasteiger charge is -2.17. The van der Waals surface area contributed by atoms with Crippen LogP contribution in [0.25, 0.3) is 0 Å². The van der Waals surface area contributed by atoms with Crippen LogP contribution in [0.1, 0.15) is 22.0 Å². The van der Waals surface area contributed by atoms with Gasteiger partial charge in [-0.1, -0.05) is 24.3 Å². The van der Waals surface area contributed by atoms with Crippen molar-refractivity contribution in [3.8, 4) is 0 Å². The van der Waals surface area contributed by atoms with Crippen molar-refractivity contribution in [3.05, 3.63) is 80.4 Å². The van der Waals surface area contributed by atoms with Gasteiger partial charge in [0, 0.05) is 10.4 Å². The third kappa shape index (κ3) is 4.06. The lowest BCUT2D eigenvalue weighted by atomic mass is 10.1. The minimum absolute atomic E-state index is 0.162. The first-order valence-electron chi connectivity index (χ1n) is 6.84. The Labute approximate surface area is 142 Å².